The van der Waals surface area contributed by atoms with Crippen molar-refractivity contribution in [2.24, 2.45) is 5.73 Å². The van der Waals surface area contributed by atoms with Crippen LogP contribution in [0.3, 0.4) is 0 Å². The van der Waals surface area contributed by atoms with E-state index in [1.54, 1.807) is 6.07 Å². The molecular formula is C17H19F2N. The van der Waals surface area contributed by atoms with E-state index in [2.05, 4.69) is 25.1 Å². The Morgan fingerprint density at radius 1 is 1.00 bits per heavy atom. The molecule has 0 heterocycles. The lowest BCUT2D eigenvalue weighted by Crippen LogP contribution is -2.23. The van der Waals surface area contributed by atoms with E-state index >= 15 is 0 Å². The Morgan fingerprint density at radius 3 is 2.50 bits per heavy atom. The van der Waals surface area contributed by atoms with Crippen LogP contribution in [0.15, 0.2) is 42.5 Å². The third kappa shape index (κ3) is 4.14. The number of hydrogen-bond acceptors (Lipinski definition) is 1. The molecule has 2 aromatic rings. The molecule has 2 rings (SSSR count). The highest BCUT2D eigenvalue weighted by Crippen LogP contribution is 2.13. The van der Waals surface area contributed by atoms with Gasteiger partial charge in [0.1, 0.15) is 0 Å². The summed E-state index contributed by atoms with van der Waals surface area (Å²) in [4.78, 5) is 0. The molecular weight excluding hydrogens is 256 g/mol. The van der Waals surface area contributed by atoms with Gasteiger partial charge in [-0.3, -0.25) is 0 Å². The second-order valence-corrected chi connectivity index (χ2v) is 5.24. The fourth-order valence-corrected chi connectivity index (χ4v) is 2.29. The van der Waals surface area contributed by atoms with Crippen molar-refractivity contribution in [3.05, 3.63) is 70.8 Å². The van der Waals surface area contributed by atoms with Crippen LogP contribution in [0.4, 0.5) is 8.78 Å². The molecule has 0 spiro atoms. The highest BCUT2D eigenvalue weighted by atomic mass is 19.2. The van der Waals surface area contributed by atoms with E-state index < -0.39 is 11.6 Å². The fourth-order valence-electron chi connectivity index (χ4n) is 2.29. The van der Waals surface area contributed by atoms with Gasteiger partial charge >= 0.3 is 0 Å². The first-order chi connectivity index (χ1) is 9.54. The Hall–Kier alpha value is -1.74. The predicted molar refractivity (Wildman–Crippen MR) is 77.5 cm³/mol. The molecule has 0 aromatic heterocycles. The van der Waals surface area contributed by atoms with Crippen LogP contribution in [-0.4, -0.2) is 6.04 Å². The summed E-state index contributed by atoms with van der Waals surface area (Å²) in [5, 5.41) is 0. The average Bonchev–Trinajstić information content (AvgIpc) is 2.41. The summed E-state index contributed by atoms with van der Waals surface area (Å²) in [6.45, 7) is 2.06. The van der Waals surface area contributed by atoms with Crippen molar-refractivity contribution < 1.29 is 8.78 Å². The maximum absolute atomic E-state index is 13.1. The van der Waals surface area contributed by atoms with Gasteiger partial charge in [0.25, 0.3) is 0 Å². The summed E-state index contributed by atoms with van der Waals surface area (Å²) < 4.78 is 25.9. The Bertz CT molecular complexity index is 581. The molecule has 0 bridgehead atoms. The summed E-state index contributed by atoms with van der Waals surface area (Å²) in [5.74, 6) is -1.63. The monoisotopic (exact) mass is 275 g/mol. The molecule has 3 heteroatoms. The molecule has 0 saturated heterocycles. The largest absolute Gasteiger partial charge is 0.327 e. The number of aryl methyl sites for hydroxylation is 2. The fraction of sp³-hybridized carbons (Fsp3) is 0.294. The van der Waals surface area contributed by atoms with Crippen LogP contribution < -0.4 is 5.73 Å². The molecule has 0 amide bonds. The van der Waals surface area contributed by atoms with Crippen molar-refractivity contribution in [2.75, 3.05) is 0 Å². The molecule has 106 valence electrons. The molecule has 2 aromatic carbocycles. The van der Waals surface area contributed by atoms with Gasteiger partial charge < -0.3 is 5.73 Å². The van der Waals surface area contributed by atoms with Crippen LogP contribution in [0, 0.1) is 18.6 Å². The highest BCUT2D eigenvalue weighted by molar-refractivity contribution is 5.23. The van der Waals surface area contributed by atoms with Gasteiger partial charge in [0.15, 0.2) is 11.6 Å². The van der Waals surface area contributed by atoms with Crippen LogP contribution in [0.25, 0.3) is 0 Å². The van der Waals surface area contributed by atoms with Gasteiger partial charge in [-0.1, -0.05) is 35.9 Å². The smallest absolute Gasteiger partial charge is 0.159 e. The van der Waals surface area contributed by atoms with Gasteiger partial charge in [0.2, 0.25) is 0 Å². The normalized spacial score (nSPS) is 12.4. The third-order valence-corrected chi connectivity index (χ3v) is 3.37. The van der Waals surface area contributed by atoms with E-state index in [4.69, 9.17) is 5.73 Å². The molecule has 1 unspecified atom stereocenters. The molecule has 0 aliphatic rings. The predicted octanol–water partition coefficient (Wildman–Crippen LogP) is 3.78. The first-order valence-corrected chi connectivity index (χ1v) is 6.79. The highest BCUT2D eigenvalue weighted by Gasteiger charge is 2.08. The van der Waals surface area contributed by atoms with E-state index in [1.807, 2.05) is 6.07 Å². The first kappa shape index (κ1) is 14.7. The van der Waals surface area contributed by atoms with Gasteiger partial charge in [-0.25, -0.2) is 8.78 Å². The van der Waals surface area contributed by atoms with E-state index in [0.29, 0.717) is 6.42 Å². The summed E-state index contributed by atoms with van der Waals surface area (Å²) in [6.07, 6.45) is 2.28. The second kappa shape index (κ2) is 6.62. The topological polar surface area (TPSA) is 26.0 Å². The third-order valence-electron chi connectivity index (χ3n) is 3.37. The minimum absolute atomic E-state index is 0.0552. The van der Waals surface area contributed by atoms with E-state index in [1.165, 1.54) is 17.2 Å². The van der Waals surface area contributed by atoms with Crippen molar-refractivity contribution in [1.29, 1.82) is 0 Å². The molecule has 0 fully saturated rings. The molecule has 2 N–H and O–H groups in total. The lowest BCUT2D eigenvalue weighted by atomic mass is 9.99. The Kier molecular flexibility index (Phi) is 4.85. The lowest BCUT2D eigenvalue weighted by molar-refractivity contribution is 0.505. The van der Waals surface area contributed by atoms with Crippen molar-refractivity contribution in [3.63, 3.8) is 0 Å². The van der Waals surface area contributed by atoms with Crippen molar-refractivity contribution in [3.8, 4) is 0 Å². The molecule has 1 atom stereocenters. The average molecular weight is 275 g/mol. The zero-order valence-electron chi connectivity index (χ0n) is 11.6. The molecule has 0 saturated carbocycles. The number of hydrogen-bond donors (Lipinski definition) is 1. The van der Waals surface area contributed by atoms with Crippen molar-refractivity contribution in [2.45, 2.75) is 32.2 Å². The minimum Gasteiger partial charge on any atom is -0.327 e. The SMILES string of the molecule is Cc1cccc(CCC(N)Cc2ccc(F)c(F)c2)c1. The van der Waals surface area contributed by atoms with Gasteiger partial charge in [-0.15, -0.1) is 0 Å². The van der Waals surface area contributed by atoms with E-state index in [-0.39, 0.29) is 6.04 Å². The van der Waals surface area contributed by atoms with Crippen LogP contribution >= 0.6 is 0 Å². The summed E-state index contributed by atoms with van der Waals surface area (Å²) in [7, 11) is 0. The van der Waals surface area contributed by atoms with Crippen LogP contribution in [0.2, 0.25) is 0 Å². The molecule has 1 nitrogen and oxygen atoms in total. The van der Waals surface area contributed by atoms with E-state index in [9.17, 15) is 8.78 Å². The summed E-state index contributed by atoms with van der Waals surface area (Å²) in [6, 6.07) is 12.2. The standard InChI is InChI=1S/C17H19F2N/c1-12-3-2-4-13(9-12)5-7-15(20)10-14-6-8-16(18)17(19)11-14/h2-4,6,8-9,11,15H,5,7,10,20H2,1H3. The maximum Gasteiger partial charge on any atom is 0.159 e. The summed E-state index contributed by atoms with van der Waals surface area (Å²) in [5.41, 5.74) is 9.29. The van der Waals surface area contributed by atoms with Gasteiger partial charge in [0, 0.05) is 6.04 Å². The quantitative estimate of drug-likeness (QED) is 0.883. The van der Waals surface area contributed by atoms with Crippen LogP contribution in [0.5, 0.6) is 0 Å². The van der Waals surface area contributed by atoms with Gasteiger partial charge in [0.05, 0.1) is 0 Å². The minimum atomic E-state index is -0.818. The van der Waals surface area contributed by atoms with Crippen molar-refractivity contribution in [1.82, 2.24) is 0 Å². The number of halogens is 2. The second-order valence-electron chi connectivity index (χ2n) is 5.24. The molecule has 0 radical (unpaired) electrons. The van der Waals surface area contributed by atoms with Crippen LogP contribution in [-0.2, 0) is 12.8 Å². The van der Waals surface area contributed by atoms with E-state index in [0.717, 1.165) is 24.5 Å². The molecule has 20 heavy (non-hydrogen) atoms. The van der Waals surface area contributed by atoms with Gasteiger partial charge in [-0.05, 0) is 49.4 Å². The summed E-state index contributed by atoms with van der Waals surface area (Å²) >= 11 is 0. The zero-order chi connectivity index (χ0) is 14.5. The zero-order valence-corrected chi connectivity index (χ0v) is 11.6. The van der Waals surface area contributed by atoms with Gasteiger partial charge in [-0.2, -0.15) is 0 Å². The Morgan fingerprint density at radius 2 is 1.80 bits per heavy atom. The Balaban J connectivity index is 1.89. The number of rotatable bonds is 5. The Labute approximate surface area is 118 Å². The van der Waals surface area contributed by atoms with Crippen molar-refractivity contribution >= 4 is 0 Å². The number of nitrogens with two attached hydrogens (primary N) is 1. The number of benzene rings is 2. The maximum atomic E-state index is 13.1. The first-order valence-electron chi connectivity index (χ1n) is 6.79. The van der Waals surface area contributed by atoms with Crippen LogP contribution in [0.1, 0.15) is 23.1 Å². The lowest BCUT2D eigenvalue weighted by Gasteiger charge is -2.12. The molecule has 0 aliphatic heterocycles. The molecule has 0 aliphatic carbocycles.